The molecule has 6 heteroatoms. The molecule has 0 aliphatic rings. The van der Waals surface area contributed by atoms with Crippen molar-refractivity contribution >= 4 is 17.9 Å². The monoisotopic (exact) mass is 1070 g/mol. The van der Waals surface area contributed by atoms with Gasteiger partial charge < -0.3 is 14.2 Å². The largest absolute Gasteiger partial charge is 0.462 e. The second-order valence-corrected chi connectivity index (χ2v) is 23.5. The summed E-state index contributed by atoms with van der Waals surface area (Å²) in [7, 11) is 0. The summed E-state index contributed by atoms with van der Waals surface area (Å²) in [4.78, 5) is 38.2. The summed E-state index contributed by atoms with van der Waals surface area (Å²) in [6, 6.07) is 0. The van der Waals surface area contributed by atoms with Crippen LogP contribution in [0, 0.1) is 0 Å². The maximum absolute atomic E-state index is 12.9. The van der Waals surface area contributed by atoms with Crippen LogP contribution < -0.4 is 0 Å². The molecule has 0 fully saturated rings. The van der Waals surface area contributed by atoms with Gasteiger partial charge in [-0.05, 0) is 51.4 Å². The summed E-state index contributed by atoms with van der Waals surface area (Å²) in [5.41, 5.74) is 0. The minimum atomic E-state index is -0.768. The Bertz CT molecular complexity index is 1230. The number of rotatable bonds is 64. The molecule has 0 aliphatic carbocycles. The fraction of sp³-hybridized carbons (Fsp3) is 0.900. The van der Waals surface area contributed by atoms with Gasteiger partial charge in [0.05, 0.1) is 0 Å². The van der Waals surface area contributed by atoms with Gasteiger partial charge in [0.25, 0.3) is 0 Å². The first-order valence-electron chi connectivity index (χ1n) is 34.3. The lowest BCUT2D eigenvalue weighted by Crippen LogP contribution is -2.30. The Morgan fingerprint density at radius 3 is 0.724 bits per heavy atom. The minimum absolute atomic E-state index is 0.0658. The molecular formula is C70H132O6. The second-order valence-electron chi connectivity index (χ2n) is 23.5. The fourth-order valence-electron chi connectivity index (χ4n) is 10.5. The van der Waals surface area contributed by atoms with E-state index >= 15 is 0 Å². The Morgan fingerprint density at radius 1 is 0.263 bits per heavy atom. The van der Waals surface area contributed by atoms with Crippen molar-refractivity contribution in [1.82, 2.24) is 0 Å². The lowest BCUT2D eigenvalue weighted by atomic mass is 10.0. The normalized spacial score (nSPS) is 12.1. The highest BCUT2D eigenvalue weighted by Crippen LogP contribution is 2.19. The van der Waals surface area contributed by atoms with Crippen LogP contribution in [0.3, 0.4) is 0 Å². The molecule has 6 nitrogen and oxygen atoms in total. The number of carbonyl (C=O) groups excluding carboxylic acids is 3. The van der Waals surface area contributed by atoms with Gasteiger partial charge in [0.2, 0.25) is 0 Å². The summed E-state index contributed by atoms with van der Waals surface area (Å²) >= 11 is 0. The Labute approximate surface area is 474 Å². The van der Waals surface area contributed by atoms with Crippen molar-refractivity contribution in [2.45, 2.75) is 393 Å². The molecule has 1 unspecified atom stereocenters. The van der Waals surface area contributed by atoms with Crippen molar-refractivity contribution in [2.75, 3.05) is 13.2 Å². The molecule has 0 aromatic carbocycles. The van der Waals surface area contributed by atoms with E-state index in [4.69, 9.17) is 14.2 Å². The highest BCUT2D eigenvalue weighted by molar-refractivity contribution is 5.71. The highest BCUT2D eigenvalue weighted by Gasteiger charge is 2.19. The van der Waals surface area contributed by atoms with Gasteiger partial charge in [0, 0.05) is 19.3 Å². The lowest BCUT2D eigenvalue weighted by molar-refractivity contribution is -0.167. The SMILES string of the molecule is CCCCCCC/C=C\C/C=C\CCCCCCCCCCCCCC(=O)OC(COC(=O)CCCCCCCCCCC)COC(=O)CCCCCCCCCCCCCCCCCCCCCCCCCCCC. The van der Waals surface area contributed by atoms with Crippen LogP contribution in [0.1, 0.15) is 387 Å². The van der Waals surface area contributed by atoms with E-state index in [0.717, 1.165) is 64.2 Å². The average Bonchev–Trinajstić information content (AvgIpc) is 3.42. The number of ether oxygens (including phenoxy) is 3. The molecule has 0 aromatic rings. The number of hydrogen-bond acceptors (Lipinski definition) is 6. The van der Waals surface area contributed by atoms with Crippen molar-refractivity contribution in [3.05, 3.63) is 24.3 Å². The number of allylic oxidation sites excluding steroid dienone is 4. The van der Waals surface area contributed by atoms with E-state index in [2.05, 4.69) is 45.1 Å². The van der Waals surface area contributed by atoms with Crippen LogP contribution in [-0.2, 0) is 28.6 Å². The zero-order valence-electron chi connectivity index (χ0n) is 51.6. The summed E-state index contributed by atoms with van der Waals surface area (Å²) in [6.07, 6.45) is 79.3. The summed E-state index contributed by atoms with van der Waals surface area (Å²) in [6.45, 7) is 6.68. The van der Waals surface area contributed by atoms with Gasteiger partial charge in [0.1, 0.15) is 13.2 Å². The van der Waals surface area contributed by atoms with Crippen molar-refractivity contribution in [2.24, 2.45) is 0 Å². The molecule has 0 aromatic heterocycles. The molecule has 0 N–H and O–H groups in total. The van der Waals surface area contributed by atoms with Crippen LogP contribution >= 0.6 is 0 Å². The first kappa shape index (κ1) is 73.9. The van der Waals surface area contributed by atoms with Gasteiger partial charge in [-0.2, -0.15) is 0 Å². The van der Waals surface area contributed by atoms with Crippen LogP contribution in [0.4, 0.5) is 0 Å². The summed E-state index contributed by atoms with van der Waals surface area (Å²) in [5.74, 6) is -0.842. The van der Waals surface area contributed by atoms with Crippen LogP contribution in [0.15, 0.2) is 24.3 Å². The Hall–Kier alpha value is -2.11. The van der Waals surface area contributed by atoms with E-state index in [1.54, 1.807) is 0 Å². The zero-order valence-corrected chi connectivity index (χ0v) is 51.6. The molecule has 0 spiro atoms. The fourth-order valence-corrected chi connectivity index (χ4v) is 10.5. The molecule has 1 atom stereocenters. The quantitative estimate of drug-likeness (QED) is 0.0261. The molecule has 76 heavy (non-hydrogen) atoms. The third-order valence-electron chi connectivity index (χ3n) is 15.7. The van der Waals surface area contributed by atoms with E-state index < -0.39 is 6.10 Å². The lowest BCUT2D eigenvalue weighted by Gasteiger charge is -2.18. The number of unbranched alkanes of at least 4 members (excludes halogenated alkanes) is 49. The molecule has 0 bridgehead atoms. The highest BCUT2D eigenvalue weighted by atomic mass is 16.6. The maximum atomic E-state index is 12.9. The Kier molecular flexibility index (Phi) is 63.6. The van der Waals surface area contributed by atoms with E-state index in [1.807, 2.05) is 0 Å². The van der Waals surface area contributed by atoms with Gasteiger partial charge >= 0.3 is 17.9 Å². The van der Waals surface area contributed by atoms with Gasteiger partial charge in [-0.15, -0.1) is 0 Å². The molecule has 0 radical (unpaired) electrons. The van der Waals surface area contributed by atoms with Crippen LogP contribution in [-0.4, -0.2) is 37.2 Å². The Morgan fingerprint density at radius 2 is 0.474 bits per heavy atom. The molecule has 0 rings (SSSR count). The van der Waals surface area contributed by atoms with E-state index in [0.29, 0.717) is 19.3 Å². The maximum Gasteiger partial charge on any atom is 0.306 e. The first-order chi connectivity index (χ1) is 37.5. The second kappa shape index (κ2) is 65.4. The molecule has 0 saturated carbocycles. The topological polar surface area (TPSA) is 78.9 Å². The predicted octanol–water partition coefficient (Wildman–Crippen LogP) is 23.4. The van der Waals surface area contributed by atoms with Gasteiger partial charge in [-0.25, -0.2) is 0 Å². The molecule has 0 amide bonds. The predicted molar refractivity (Wildman–Crippen MR) is 330 cm³/mol. The third kappa shape index (κ3) is 62.7. The van der Waals surface area contributed by atoms with E-state index in [-0.39, 0.29) is 31.1 Å². The van der Waals surface area contributed by atoms with Crippen LogP contribution in [0.5, 0.6) is 0 Å². The molecular weight excluding hydrogens is 937 g/mol. The van der Waals surface area contributed by atoms with Crippen molar-refractivity contribution in [3.63, 3.8) is 0 Å². The van der Waals surface area contributed by atoms with Gasteiger partial charge in [-0.3, -0.25) is 14.4 Å². The van der Waals surface area contributed by atoms with Crippen molar-refractivity contribution in [1.29, 1.82) is 0 Å². The minimum Gasteiger partial charge on any atom is -0.462 e. The van der Waals surface area contributed by atoms with E-state index in [1.165, 1.54) is 283 Å². The number of carbonyl (C=O) groups is 3. The number of esters is 3. The molecule has 0 heterocycles. The van der Waals surface area contributed by atoms with Crippen LogP contribution in [0.2, 0.25) is 0 Å². The van der Waals surface area contributed by atoms with Crippen molar-refractivity contribution in [3.8, 4) is 0 Å². The van der Waals surface area contributed by atoms with Gasteiger partial charge in [0.15, 0.2) is 6.10 Å². The third-order valence-corrected chi connectivity index (χ3v) is 15.7. The Balaban J connectivity index is 4.11. The van der Waals surface area contributed by atoms with Gasteiger partial charge in [-0.1, -0.05) is 340 Å². The number of hydrogen-bond donors (Lipinski definition) is 0. The van der Waals surface area contributed by atoms with Crippen molar-refractivity contribution < 1.29 is 28.6 Å². The first-order valence-corrected chi connectivity index (χ1v) is 34.3. The zero-order chi connectivity index (χ0) is 55.0. The summed E-state index contributed by atoms with van der Waals surface area (Å²) < 4.78 is 16.9. The smallest absolute Gasteiger partial charge is 0.306 e. The van der Waals surface area contributed by atoms with E-state index in [9.17, 15) is 14.4 Å². The molecule has 448 valence electrons. The summed E-state index contributed by atoms with van der Waals surface area (Å²) in [5, 5.41) is 0. The standard InChI is InChI=1S/C70H132O6/c1-4-7-10-13-16-19-21-23-25-27-29-31-33-34-35-37-38-40-42-44-46-48-51-54-57-60-63-69(72)75-66-67(65-74-68(71)62-59-56-53-50-18-15-12-9-6-3)76-70(73)64-61-58-55-52-49-47-45-43-41-39-36-32-30-28-26-24-22-20-17-14-11-8-5-2/h22,24,28,30,67H,4-21,23,25-27,29,31-66H2,1-3H3/b24-22-,30-28-. The average molecular weight is 1070 g/mol. The molecule has 0 saturated heterocycles. The van der Waals surface area contributed by atoms with Crippen LogP contribution in [0.25, 0.3) is 0 Å². The molecule has 0 aliphatic heterocycles.